The van der Waals surface area contributed by atoms with E-state index in [0.29, 0.717) is 35.0 Å². The van der Waals surface area contributed by atoms with E-state index in [-0.39, 0.29) is 17.3 Å². The molecule has 2 amide bonds. The van der Waals surface area contributed by atoms with Crippen molar-refractivity contribution in [3.05, 3.63) is 47.0 Å². The van der Waals surface area contributed by atoms with Crippen LogP contribution in [0.4, 0.5) is 11.4 Å². The van der Waals surface area contributed by atoms with Gasteiger partial charge in [-0.1, -0.05) is 11.6 Å². The van der Waals surface area contributed by atoms with Gasteiger partial charge in [0.25, 0.3) is 5.91 Å². The number of fused-ring (bicyclic) bond motifs is 1. The summed E-state index contributed by atoms with van der Waals surface area (Å²) >= 11 is 5.96. The quantitative estimate of drug-likeness (QED) is 0.724. The van der Waals surface area contributed by atoms with E-state index in [1.54, 1.807) is 25.1 Å². The van der Waals surface area contributed by atoms with Crippen LogP contribution in [0.2, 0.25) is 5.02 Å². The van der Waals surface area contributed by atoms with Crippen LogP contribution in [-0.2, 0) is 19.6 Å². The Hall–Kier alpha value is -2.62. The van der Waals surface area contributed by atoms with E-state index >= 15 is 0 Å². The average molecular weight is 464 g/mol. The number of sulfonamides is 1. The lowest BCUT2D eigenvalue weighted by molar-refractivity contribution is -0.122. The summed E-state index contributed by atoms with van der Waals surface area (Å²) in [6, 6.07) is 8.56. The zero-order valence-electron chi connectivity index (χ0n) is 17.0. The molecule has 0 unspecified atom stereocenters. The number of benzene rings is 2. The first-order valence-electron chi connectivity index (χ1n) is 9.87. The van der Waals surface area contributed by atoms with E-state index in [1.807, 2.05) is 6.92 Å². The molecule has 2 aliphatic heterocycles. The Morgan fingerprint density at radius 1 is 1.26 bits per heavy atom. The van der Waals surface area contributed by atoms with E-state index in [1.165, 1.54) is 22.5 Å². The molecule has 164 valence electrons. The van der Waals surface area contributed by atoms with Crippen molar-refractivity contribution in [2.75, 3.05) is 17.2 Å². The lowest BCUT2D eigenvalue weighted by Gasteiger charge is -2.26. The number of hydrogen-bond donors (Lipinski definition) is 2. The van der Waals surface area contributed by atoms with Gasteiger partial charge in [0.05, 0.1) is 10.6 Å². The minimum atomic E-state index is -3.96. The lowest BCUT2D eigenvalue weighted by Crippen LogP contribution is -2.43. The second-order valence-corrected chi connectivity index (χ2v) is 9.96. The molecule has 2 aromatic rings. The number of amides is 2. The topological polar surface area (TPSA) is 105 Å². The number of anilines is 2. The minimum absolute atomic E-state index is 0.00734. The largest absolute Gasteiger partial charge is 0.479 e. The summed E-state index contributed by atoms with van der Waals surface area (Å²) in [5.41, 5.74) is 1.66. The number of halogens is 1. The molecule has 0 spiro atoms. The molecular formula is C21H22ClN3O5S. The number of nitrogens with zero attached hydrogens (tertiary/aromatic N) is 1. The van der Waals surface area contributed by atoms with Crippen LogP contribution < -0.4 is 15.4 Å². The van der Waals surface area contributed by atoms with Crippen molar-refractivity contribution >= 4 is 44.8 Å². The van der Waals surface area contributed by atoms with Gasteiger partial charge in [0, 0.05) is 17.3 Å². The molecule has 31 heavy (non-hydrogen) atoms. The van der Waals surface area contributed by atoms with Gasteiger partial charge in [0.1, 0.15) is 11.8 Å². The third-order valence-electron chi connectivity index (χ3n) is 5.44. The molecule has 10 heteroatoms. The number of hydrogen-bond acceptors (Lipinski definition) is 5. The van der Waals surface area contributed by atoms with Gasteiger partial charge in [-0.15, -0.1) is 0 Å². The smallest absolute Gasteiger partial charge is 0.265 e. The highest BCUT2D eigenvalue weighted by atomic mass is 35.5. The van der Waals surface area contributed by atoms with Crippen molar-refractivity contribution in [2.24, 2.45) is 0 Å². The van der Waals surface area contributed by atoms with Gasteiger partial charge < -0.3 is 15.4 Å². The molecular weight excluding hydrogens is 442 g/mol. The van der Waals surface area contributed by atoms with E-state index in [4.69, 9.17) is 16.3 Å². The zero-order valence-corrected chi connectivity index (χ0v) is 18.6. The molecule has 4 rings (SSSR count). The molecule has 2 aromatic carbocycles. The van der Waals surface area contributed by atoms with Crippen LogP contribution in [0.15, 0.2) is 41.3 Å². The maximum atomic E-state index is 13.3. The van der Waals surface area contributed by atoms with Gasteiger partial charge in [-0.3, -0.25) is 9.59 Å². The Morgan fingerprint density at radius 3 is 2.77 bits per heavy atom. The number of ether oxygens (including phenoxy) is 1. The molecule has 0 radical (unpaired) electrons. The van der Waals surface area contributed by atoms with Crippen LogP contribution >= 0.6 is 11.6 Å². The van der Waals surface area contributed by atoms with E-state index < -0.39 is 28.1 Å². The summed E-state index contributed by atoms with van der Waals surface area (Å²) in [5.74, 6) is -0.339. The molecule has 2 aliphatic rings. The standard InChI is InChI=1S/C21H22ClN3O5S/c1-12-10-14(22)5-7-16(12)23-21(27)18-4-3-9-25(18)31(28,29)15-6-8-19-17(11-15)24-20(26)13(2)30-19/h5-8,10-11,13,18H,3-4,9H2,1-2H3,(H,23,27)(H,24,26)/t13-,18-/m1/s1. The van der Waals surface area contributed by atoms with Crippen molar-refractivity contribution < 1.29 is 22.7 Å². The van der Waals surface area contributed by atoms with Crippen molar-refractivity contribution in [1.29, 1.82) is 0 Å². The molecule has 0 aliphatic carbocycles. The van der Waals surface area contributed by atoms with Gasteiger partial charge in [-0.2, -0.15) is 4.31 Å². The highest BCUT2D eigenvalue weighted by Crippen LogP contribution is 2.34. The van der Waals surface area contributed by atoms with Crippen LogP contribution in [0.25, 0.3) is 0 Å². The van der Waals surface area contributed by atoms with Crippen molar-refractivity contribution in [3.63, 3.8) is 0 Å². The predicted molar refractivity (Wildman–Crippen MR) is 117 cm³/mol. The first kappa shape index (κ1) is 21.6. The van der Waals surface area contributed by atoms with Gasteiger partial charge in [0.2, 0.25) is 15.9 Å². The number of carbonyl (C=O) groups is 2. The Bertz CT molecular complexity index is 1170. The van der Waals surface area contributed by atoms with Gasteiger partial charge in [-0.05, 0) is 68.7 Å². The Balaban J connectivity index is 1.58. The highest BCUT2D eigenvalue weighted by molar-refractivity contribution is 7.89. The second-order valence-electron chi connectivity index (χ2n) is 7.63. The zero-order chi connectivity index (χ0) is 22.3. The fourth-order valence-corrected chi connectivity index (χ4v) is 5.67. The van der Waals surface area contributed by atoms with Crippen molar-refractivity contribution in [3.8, 4) is 5.75 Å². The summed E-state index contributed by atoms with van der Waals surface area (Å²) in [4.78, 5) is 24.8. The third-order valence-corrected chi connectivity index (χ3v) is 7.58. The summed E-state index contributed by atoms with van der Waals surface area (Å²) in [5, 5.41) is 6.02. The molecule has 1 saturated heterocycles. The molecule has 1 fully saturated rings. The first-order valence-corrected chi connectivity index (χ1v) is 11.7. The third kappa shape index (κ3) is 4.13. The maximum Gasteiger partial charge on any atom is 0.265 e. The molecule has 2 heterocycles. The number of rotatable bonds is 4. The Morgan fingerprint density at radius 2 is 2.03 bits per heavy atom. The van der Waals surface area contributed by atoms with Crippen LogP contribution in [-0.4, -0.2) is 43.2 Å². The van der Waals surface area contributed by atoms with Gasteiger partial charge >= 0.3 is 0 Å². The Labute approximate surface area is 185 Å². The first-order chi connectivity index (χ1) is 14.7. The summed E-state index contributed by atoms with van der Waals surface area (Å²) in [6.07, 6.45) is 0.331. The van der Waals surface area contributed by atoms with Crippen LogP contribution in [0.3, 0.4) is 0 Å². The highest BCUT2D eigenvalue weighted by Gasteiger charge is 2.40. The summed E-state index contributed by atoms with van der Waals surface area (Å²) in [7, 11) is -3.96. The van der Waals surface area contributed by atoms with Crippen LogP contribution in [0, 0.1) is 6.92 Å². The van der Waals surface area contributed by atoms with E-state index in [2.05, 4.69) is 10.6 Å². The van der Waals surface area contributed by atoms with E-state index in [0.717, 1.165) is 5.56 Å². The number of nitrogens with one attached hydrogen (secondary N) is 2. The fraction of sp³-hybridized carbons (Fsp3) is 0.333. The second kappa shape index (κ2) is 8.14. The summed E-state index contributed by atoms with van der Waals surface area (Å²) in [6.45, 7) is 3.66. The van der Waals surface area contributed by atoms with Crippen LogP contribution in [0.1, 0.15) is 25.3 Å². The average Bonchev–Trinajstić information content (AvgIpc) is 3.21. The minimum Gasteiger partial charge on any atom is -0.479 e. The van der Waals surface area contributed by atoms with E-state index in [9.17, 15) is 18.0 Å². The maximum absolute atomic E-state index is 13.3. The Kier molecular flexibility index (Phi) is 5.67. The predicted octanol–water partition coefficient (Wildman–Crippen LogP) is 3.16. The number of aryl methyl sites for hydroxylation is 1. The molecule has 0 saturated carbocycles. The molecule has 2 N–H and O–H groups in total. The van der Waals surface area contributed by atoms with Crippen molar-refractivity contribution in [1.82, 2.24) is 4.31 Å². The molecule has 8 nitrogen and oxygen atoms in total. The normalized spacial score (nSPS) is 21.2. The van der Waals surface area contributed by atoms with Gasteiger partial charge in [-0.25, -0.2) is 8.42 Å². The van der Waals surface area contributed by atoms with Crippen molar-refractivity contribution in [2.45, 2.75) is 43.7 Å². The fourth-order valence-electron chi connectivity index (χ4n) is 3.76. The monoisotopic (exact) mass is 463 g/mol. The summed E-state index contributed by atoms with van der Waals surface area (Å²) < 4.78 is 33.3. The molecule has 0 aromatic heterocycles. The molecule has 2 atom stereocenters. The number of carbonyl (C=O) groups excluding carboxylic acids is 2. The lowest BCUT2D eigenvalue weighted by atomic mass is 10.1. The SMILES string of the molecule is Cc1cc(Cl)ccc1NC(=O)[C@H]1CCCN1S(=O)(=O)c1ccc2c(c1)NC(=O)[C@@H](C)O2. The van der Waals surface area contributed by atoms with Crippen LogP contribution in [0.5, 0.6) is 5.75 Å². The van der Waals surface area contributed by atoms with Gasteiger partial charge in [0.15, 0.2) is 6.10 Å². The molecule has 0 bridgehead atoms.